The van der Waals surface area contributed by atoms with Crippen LogP contribution in [-0.2, 0) is 0 Å². The second-order valence-electron chi connectivity index (χ2n) is 4.32. The Balaban J connectivity index is 2.43. The smallest absolute Gasteiger partial charge is 0.252 e. The van der Waals surface area contributed by atoms with Crippen molar-refractivity contribution < 1.29 is 19.0 Å². The zero-order valence-electron chi connectivity index (χ0n) is 10.8. The molecule has 0 fully saturated rings. The van der Waals surface area contributed by atoms with E-state index >= 15 is 0 Å². The van der Waals surface area contributed by atoms with Crippen molar-refractivity contribution in [2.45, 2.75) is 13.0 Å². The molecule has 0 radical (unpaired) electrons. The number of carbonyl (C=O) groups is 1. The molecule has 0 aliphatic rings. The largest absolute Gasteiger partial charge is 0.456 e. The lowest BCUT2D eigenvalue weighted by Gasteiger charge is -2.14. The van der Waals surface area contributed by atoms with Crippen LogP contribution in [0.1, 0.15) is 28.9 Å². The number of nitrogens with two attached hydrogens (primary N) is 1. The molecular formula is C15H14FNO3. The second-order valence-corrected chi connectivity index (χ2v) is 4.32. The minimum absolute atomic E-state index is 0.216. The van der Waals surface area contributed by atoms with Gasteiger partial charge in [0.2, 0.25) is 0 Å². The molecule has 2 aromatic carbocycles. The number of ether oxygens (including phenoxy) is 1. The third-order valence-corrected chi connectivity index (χ3v) is 2.79. The molecule has 5 heteroatoms. The van der Waals surface area contributed by atoms with E-state index in [-0.39, 0.29) is 17.1 Å². The van der Waals surface area contributed by atoms with Gasteiger partial charge in [0.25, 0.3) is 5.91 Å². The minimum atomic E-state index is -0.901. The predicted molar refractivity (Wildman–Crippen MR) is 72.1 cm³/mol. The maximum absolute atomic E-state index is 13.2. The van der Waals surface area contributed by atoms with E-state index in [0.717, 1.165) is 0 Å². The van der Waals surface area contributed by atoms with Gasteiger partial charge in [-0.1, -0.05) is 12.1 Å². The van der Waals surface area contributed by atoms with Crippen molar-refractivity contribution in [3.05, 3.63) is 59.4 Å². The molecule has 0 saturated heterocycles. The normalized spacial score (nSPS) is 11.9. The van der Waals surface area contributed by atoms with Crippen LogP contribution < -0.4 is 10.5 Å². The monoisotopic (exact) mass is 275 g/mol. The fourth-order valence-electron chi connectivity index (χ4n) is 1.82. The highest BCUT2D eigenvalue weighted by Crippen LogP contribution is 2.31. The molecule has 0 aromatic heterocycles. The first kappa shape index (κ1) is 14.0. The number of benzene rings is 2. The van der Waals surface area contributed by atoms with Crippen molar-refractivity contribution in [3.63, 3.8) is 0 Å². The first-order valence-corrected chi connectivity index (χ1v) is 6.03. The Morgan fingerprint density at radius 2 is 1.95 bits per heavy atom. The van der Waals surface area contributed by atoms with Crippen LogP contribution in [-0.4, -0.2) is 11.0 Å². The van der Waals surface area contributed by atoms with Gasteiger partial charge in [-0.15, -0.1) is 0 Å². The van der Waals surface area contributed by atoms with Gasteiger partial charge in [0, 0.05) is 5.56 Å². The SMILES string of the molecule is C[C@H](O)c1cc(F)ccc1Oc1ccccc1C(N)=O. The summed E-state index contributed by atoms with van der Waals surface area (Å²) in [6.07, 6.45) is -0.901. The summed E-state index contributed by atoms with van der Waals surface area (Å²) >= 11 is 0. The maximum Gasteiger partial charge on any atom is 0.252 e. The number of aliphatic hydroxyl groups excluding tert-OH is 1. The number of hydrogen-bond donors (Lipinski definition) is 2. The Morgan fingerprint density at radius 3 is 2.60 bits per heavy atom. The molecule has 1 amide bonds. The van der Waals surface area contributed by atoms with Crippen LogP contribution >= 0.6 is 0 Å². The Kier molecular flexibility index (Phi) is 4.00. The van der Waals surface area contributed by atoms with Gasteiger partial charge in [0.05, 0.1) is 11.7 Å². The lowest BCUT2D eigenvalue weighted by molar-refractivity contribution is 0.0998. The predicted octanol–water partition coefficient (Wildman–Crippen LogP) is 2.77. The van der Waals surface area contributed by atoms with Crippen molar-refractivity contribution in [2.24, 2.45) is 5.73 Å². The van der Waals surface area contributed by atoms with Gasteiger partial charge in [0.1, 0.15) is 17.3 Å². The van der Waals surface area contributed by atoms with Crippen molar-refractivity contribution in [1.29, 1.82) is 0 Å². The fraction of sp³-hybridized carbons (Fsp3) is 0.133. The summed E-state index contributed by atoms with van der Waals surface area (Å²) in [5.41, 5.74) is 5.77. The molecule has 0 unspecified atom stereocenters. The van der Waals surface area contributed by atoms with E-state index in [4.69, 9.17) is 10.5 Å². The van der Waals surface area contributed by atoms with Crippen molar-refractivity contribution in [2.75, 3.05) is 0 Å². The van der Waals surface area contributed by atoms with Gasteiger partial charge in [-0.05, 0) is 37.3 Å². The second kappa shape index (κ2) is 5.71. The van der Waals surface area contributed by atoms with Gasteiger partial charge < -0.3 is 15.6 Å². The van der Waals surface area contributed by atoms with Crippen molar-refractivity contribution >= 4 is 5.91 Å². The molecule has 3 N–H and O–H groups in total. The van der Waals surface area contributed by atoms with Crippen molar-refractivity contribution in [3.8, 4) is 11.5 Å². The Labute approximate surface area is 115 Å². The topological polar surface area (TPSA) is 72.6 Å². The highest BCUT2D eigenvalue weighted by Gasteiger charge is 2.14. The highest BCUT2D eigenvalue weighted by atomic mass is 19.1. The molecule has 0 spiro atoms. The summed E-state index contributed by atoms with van der Waals surface area (Å²) < 4.78 is 18.8. The molecule has 1 atom stereocenters. The summed E-state index contributed by atoms with van der Waals surface area (Å²) in [5, 5.41) is 9.65. The first-order valence-electron chi connectivity index (χ1n) is 6.03. The van der Waals surface area contributed by atoms with Crippen LogP contribution in [0.4, 0.5) is 4.39 Å². The average Bonchev–Trinajstić information content (AvgIpc) is 2.41. The third-order valence-electron chi connectivity index (χ3n) is 2.79. The van der Waals surface area contributed by atoms with E-state index in [0.29, 0.717) is 5.56 Å². The van der Waals surface area contributed by atoms with Crippen LogP contribution in [0.5, 0.6) is 11.5 Å². The maximum atomic E-state index is 13.2. The van der Waals surface area contributed by atoms with E-state index in [9.17, 15) is 14.3 Å². The van der Waals surface area contributed by atoms with Gasteiger partial charge in [-0.3, -0.25) is 4.79 Å². The summed E-state index contributed by atoms with van der Waals surface area (Å²) in [6, 6.07) is 10.3. The van der Waals surface area contributed by atoms with Crippen LogP contribution in [0.25, 0.3) is 0 Å². The fourth-order valence-corrected chi connectivity index (χ4v) is 1.82. The summed E-state index contributed by atoms with van der Waals surface area (Å²) in [4.78, 5) is 11.3. The molecule has 0 aliphatic carbocycles. The number of rotatable bonds is 4. The number of amides is 1. The molecule has 4 nitrogen and oxygen atoms in total. The van der Waals surface area contributed by atoms with Crippen LogP contribution in [0.2, 0.25) is 0 Å². The highest BCUT2D eigenvalue weighted by molar-refractivity contribution is 5.95. The van der Waals surface area contributed by atoms with Crippen LogP contribution in [0, 0.1) is 5.82 Å². The van der Waals surface area contributed by atoms with Gasteiger partial charge >= 0.3 is 0 Å². The summed E-state index contributed by atoms with van der Waals surface area (Å²) in [7, 11) is 0. The van der Waals surface area contributed by atoms with Gasteiger partial charge in [-0.2, -0.15) is 0 Å². The molecule has 0 heterocycles. The lowest BCUT2D eigenvalue weighted by Crippen LogP contribution is -2.12. The standard InChI is InChI=1S/C15H14FNO3/c1-9(18)12-8-10(16)6-7-14(12)20-13-5-3-2-4-11(13)15(17)19/h2-9,18H,1H3,(H2,17,19)/t9-/m0/s1. The number of carbonyl (C=O) groups excluding carboxylic acids is 1. The molecular weight excluding hydrogens is 261 g/mol. The van der Waals surface area contributed by atoms with Gasteiger partial charge in [-0.25, -0.2) is 4.39 Å². The first-order chi connectivity index (χ1) is 9.49. The molecule has 20 heavy (non-hydrogen) atoms. The van der Waals surface area contributed by atoms with E-state index in [1.54, 1.807) is 18.2 Å². The number of primary amides is 1. The number of halogens is 1. The van der Waals surface area contributed by atoms with E-state index in [2.05, 4.69) is 0 Å². The van der Waals surface area contributed by atoms with E-state index in [1.807, 2.05) is 0 Å². The summed E-state index contributed by atoms with van der Waals surface area (Å²) in [5.74, 6) is -0.568. The third kappa shape index (κ3) is 2.95. The quantitative estimate of drug-likeness (QED) is 0.901. The number of hydrogen-bond acceptors (Lipinski definition) is 3. The molecule has 0 aliphatic heterocycles. The average molecular weight is 275 g/mol. The zero-order valence-corrected chi connectivity index (χ0v) is 10.8. The number of para-hydroxylation sites is 1. The Bertz CT molecular complexity index is 641. The lowest BCUT2D eigenvalue weighted by atomic mass is 10.1. The molecule has 0 bridgehead atoms. The van der Waals surface area contributed by atoms with Crippen molar-refractivity contribution in [1.82, 2.24) is 0 Å². The molecule has 2 aromatic rings. The summed E-state index contributed by atoms with van der Waals surface area (Å²) in [6.45, 7) is 1.50. The Morgan fingerprint density at radius 1 is 1.25 bits per heavy atom. The van der Waals surface area contributed by atoms with Crippen LogP contribution in [0.15, 0.2) is 42.5 Å². The number of aliphatic hydroxyl groups is 1. The van der Waals surface area contributed by atoms with E-state index in [1.165, 1.54) is 31.2 Å². The Hall–Kier alpha value is -2.40. The minimum Gasteiger partial charge on any atom is -0.456 e. The zero-order chi connectivity index (χ0) is 14.7. The molecule has 104 valence electrons. The van der Waals surface area contributed by atoms with Crippen LogP contribution in [0.3, 0.4) is 0 Å². The van der Waals surface area contributed by atoms with E-state index < -0.39 is 17.8 Å². The van der Waals surface area contributed by atoms with Gasteiger partial charge in [0.15, 0.2) is 0 Å². The molecule has 0 saturated carbocycles. The molecule has 2 rings (SSSR count).